The average molecular weight is 276 g/mol. The fourth-order valence-corrected chi connectivity index (χ4v) is 1.91. The quantitative estimate of drug-likeness (QED) is 0.865. The van der Waals surface area contributed by atoms with E-state index < -0.39 is 12.0 Å². The van der Waals surface area contributed by atoms with Crippen molar-refractivity contribution in [3.63, 3.8) is 0 Å². The Kier molecular flexibility index (Phi) is 3.53. The minimum Gasteiger partial charge on any atom is -0.384 e. The van der Waals surface area contributed by atoms with E-state index in [-0.39, 0.29) is 17.2 Å². The zero-order chi connectivity index (χ0) is 14.1. The maximum atomic E-state index is 12.6. The molecule has 19 heavy (non-hydrogen) atoms. The molecule has 1 fully saturated rings. The van der Waals surface area contributed by atoms with Crippen molar-refractivity contribution in [2.75, 3.05) is 24.3 Å². The normalized spacial score (nSPS) is 19.2. The van der Waals surface area contributed by atoms with Crippen molar-refractivity contribution in [3.05, 3.63) is 11.9 Å². The first-order chi connectivity index (χ1) is 8.78. The number of nitrogens with zero attached hydrogens (tertiary/aromatic N) is 2. The topological polar surface area (TPSA) is 73.1 Å². The number of anilines is 2. The third kappa shape index (κ3) is 3.46. The van der Waals surface area contributed by atoms with E-state index in [4.69, 9.17) is 10.5 Å². The van der Waals surface area contributed by atoms with Gasteiger partial charge in [0.05, 0.1) is 0 Å². The third-order valence-corrected chi connectivity index (χ3v) is 3.03. The number of hydrogen-bond acceptors (Lipinski definition) is 5. The van der Waals surface area contributed by atoms with Gasteiger partial charge in [0.2, 0.25) is 5.82 Å². The van der Waals surface area contributed by atoms with E-state index in [2.05, 4.69) is 15.3 Å². The van der Waals surface area contributed by atoms with Crippen LogP contribution in [0.1, 0.15) is 25.6 Å². The first-order valence-electron chi connectivity index (χ1n) is 5.86. The summed E-state index contributed by atoms with van der Waals surface area (Å²) in [5, 5.41) is 3.00. The lowest BCUT2D eigenvalue weighted by Gasteiger charge is -2.35. The molecule has 0 radical (unpaired) electrons. The van der Waals surface area contributed by atoms with Crippen molar-refractivity contribution in [2.45, 2.75) is 31.5 Å². The van der Waals surface area contributed by atoms with Crippen LogP contribution in [0.25, 0.3) is 0 Å². The molecule has 8 heteroatoms. The van der Waals surface area contributed by atoms with Gasteiger partial charge in [-0.3, -0.25) is 0 Å². The van der Waals surface area contributed by atoms with E-state index in [9.17, 15) is 13.2 Å². The van der Waals surface area contributed by atoms with Crippen molar-refractivity contribution in [2.24, 2.45) is 0 Å². The van der Waals surface area contributed by atoms with Crippen LogP contribution in [0.5, 0.6) is 0 Å². The second-order valence-corrected chi connectivity index (χ2v) is 4.80. The van der Waals surface area contributed by atoms with Crippen molar-refractivity contribution >= 4 is 11.6 Å². The van der Waals surface area contributed by atoms with Gasteiger partial charge in [0, 0.05) is 24.8 Å². The molecule has 2 heterocycles. The summed E-state index contributed by atoms with van der Waals surface area (Å²) in [5.41, 5.74) is 5.04. The minimum absolute atomic E-state index is 0.0872. The molecule has 0 bridgehead atoms. The molecule has 0 amide bonds. The van der Waals surface area contributed by atoms with Crippen LogP contribution >= 0.6 is 0 Å². The van der Waals surface area contributed by atoms with E-state index in [1.165, 1.54) is 6.07 Å². The van der Waals surface area contributed by atoms with Crippen LogP contribution < -0.4 is 11.1 Å². The molecule has 0 atom stereocenters. The molecule has 1 aromatic heterocycles. The summed E-state index contributed by atoms with van der Waals surface area (Å²) in [6, 6.07) is 1.30. The second-order valence-electron chi connectivity index (χ2n) is 4.80. The van der Waals surface area contributed by atoms with Gasteiger partial charge in [-0.15, -0.1) is 0 Å². The standard InChI is InChI=1S/C11H15F3N4O/c1-10(2-4-19-5-3-10)18-8-6-7(15)16-9(17-8)11(12,13)14/h6H,2-5H2,1H3,(H3,15,16,17,18). The van der Waals surface area contributed by atoms with Gasteiger partial charge in [0.15, 0.2) is 0 Å². The predicted molar refractivity (Wildman–Crippen MR) is 63.5 cm³/mol. The average Bonchev–Trinajstić information content (AvgIpc) is 2.27. The summed E-state index contributed by atoms with van der Waals surface area (Å²) in [6.07, 6.45) is -3.22. The zero-order valence-electron chi connectivity index (χ0n) is 10.4. The van der Waals surface area contributed by atoms with E-state index in [0.29, 0.717) is 26.1 Å². The highest BCUT2D eigenvalue weighted by atomic mass is 19.4. The number of hydrogen-bond donors (Lipinski definition) is 2. The smallest absolute Gasteiger partial charge is 0.384 e. The van der Waals surface area contributed by atoms with Gasteiger partial charge in [-0.1, -0.05) is 0 Å². The molecular weight excluding hydrogens is 261 g/mol. The van der Waals surface area contributed by atoms with Gasteiger partial charge in [0.25, 0.3) is 0 Å². The molecule has 1 saturated heterocycles. The minimum atomic E-state index is -4.61. The first-order valence-corrected chi connectivity index (χ1v) is 5.86. The molecule has 2 rings (SSSR count). The molecule has 3 N–H and O–H groups in total. The summed E-state index contributed by atoms with van der Waals surface area (Å²) in [4.78, 5) is 6.67. The van der Waals surface area contributed by atoms with Crippen molar-refractivity contribution in [1.29, 1.82) is 0 Å². The Morgan fingerprint density at radius 3 is 2.53 bits per heavy atom. The Hall–Kier alpha value is -1.57. The van der Waals surface area contributed by atoms with Gasteiger partial charge < -0.3 is 15.8 Å². The summed E-state index contributed by atoms with van der Waals surface area (Å²) in [7, 11) is 0. The first kappa shape index (κ1) is 13.9. The number of nitrogens with one attached hydrogen (secondary N) is 1. The molecule has 1 aromatic rings. The van der Waals surface area contributed by atoms with E-state index in [1.807, 2.05) is 6.92 Å². The van der Waals surface area contributed by atoms with Crippen molar-refractivity contribution < 1.29 is 17.9 Å². The van der Waals surface area contributed by atoms with E-state index in [0.717, 1.165) is 0 Å². The van der Waals surface area contributed by atoms with Crippen LogP contribution in [-0.4, -0.2) is 28.7 Å². The fraction of sp³-hybridized carbons (Fsp3) is 0.636. The molecule has 0 aliphatic carbocycles. The molecule has 1 aliphatic rings. The lowest BCUT2D eigenvalue weighted by molar-refractivity contribution is -0.144. The van der Waals surface area contributed by atoms with Crippen molar-refractivity contribution in [3.8, 4) is 0 Å². The summed E-state index contributed by atoms with van der Waals surface area (Å²) in [6.45, 7) is 3.05. The summed E-state index contributed by atoms with van der Waals surface area (Å²) >= 11 is 0. The zero-order valence-corrected chi connectivity index (χ0v) is 10.4. The Morgan fingerprint density at radius 1 is 1.32 bits per heavy atom. The summed E-state index contributed by atoms with van der Waals surface area (Å²) in [5.74, 6) is -1.35. The Balaban J connectivity index is 2.22. The van der Waals surface area contributed by atoms with Gasteiger partial charge >= 0.3 is 6.18 Å². The second kappa shape index (κ2) is 4.84. The Bertz CT molecular complexity index is 458. The molecule has 0 saturated carbocycles. The van der Waals surface area contributed by atoms with Crippen LogP contribution in [0.4, 0.5) is 24.8 Å². The van der Waals surface area contributed by atoms with Crippen LogP contribution in [0.15, 0.2) is 6.07 Å². The maximum absolute atomic E-state index is 12.6. The van der Waals surface area contributed by atoms with E-state index in [1.54, 1.807) is 0 Å². The van der Waals surface area contributed by atoms with Crippen LogP contribution in [0, 0.1) is 0 Å². The maximum Gasteiger partial charge on any atom is 0.451 e. The Morgan fingerprint density at radius 2 is 1.95 bits per heavy atom. The molecule has 1 aliphatic heterocycles. The molecule has 0 unspecified atom stereocenters. The monoisotopic (exact) mass is 276 g/mol. The number of alkyl halides is 3. The number of nitrogens with two attached hydrogens (primary N) is 1. The predicted octanol–water partition coefficient (Wildman–Crippen LogP) is 2.06. The van der Waals surface area contributed by atoms with Crippen LogP contribution in [-0.2, 0) is 10.9 Å². The third-order valence-electron chi connectivity index (χ3n) is 3.03. The summed E-state index contributed by atoms with van der Waals surface area (Å²) < 4.78 is 43.0. The number of halogens is 3. The number of rotatable bonds is 2. The lowest BCUT2D eigenvalue weighted by Crippen LogP contribution is -2.41. The highest BCUT2D eigenvalue weighted by molar-refractivity contribution is 5.46. The van der Waals surface area contributed by atoms with Gasteiger partial charge in [0.1, 0.15) is 11.6 Å². The highest BCUT2D eigenvalue weighted by Crippen LogP contribution is 2.30. The molecular formula is C11H15F3N4O. The largest absolute Gasteiger partial charge is 0.451 e. The molecule has 0 spiro atoms. The molecule has 0 aromatic carbocycles. The van der Waals surface area contributed by atoms with Crippen LogP contribution in [0.2, 0.25) is 0 Å². The van der Waals surface area contributed by atoms with Gasteiger partial charge in [-0.05, 0) is 19.8 Å². The fourth-order valence-electron chi connectivity index (χ4n) is 1.91. The molecule has 5 nitrogen and oxygen atoms in total. The number of aromatic nitrogens is 2. The SMILES string of the molecule is CC1(Nc2cc(N)nc(C(F)(F)F)n2)CCOCC1. The molecule has 106 valence electrons. The van der Waals surface area contributed by atoms with Gasteiger partial charge in [-0.2, -0.15) is 13.2 Å². The van der Waals surface area contributed by atoms with Crippen LogP contribution in [0.3, 0.4) is 0 Å². The lowest BCUT2D eigenvalue weighted by atomic mass is 9.92. The Labute approximate surface area is 108 Å². The number of nitrogen functional groups attached to an aromatic ring is 1. The van der Waals surface area contributed by atoms with Crippen molar-refractivity contribution in [1.82, 2.24) is 9.97 Å². The highest BCUT2D eigenvalue weighted by Gasteiger charge is 2.36. The van der Waals surface area contributed by atoms with E-state index >= 15 is 0 Å². The van der Waals surface area contributed by atoms with Gasteiger partial charge in [-0.25, -0.2) is 9.97 Å². The number of ether oxygens (including phenoxy) is 1.